The summed E-state index contributed by atoms with van der Waals surface area (Å²) in [5, 5.41) is 0.763. The Morgan fingerprint density at radius 3 is 2.68 bits per heavy atom. The fourth-order valence-corrected chi connectivity index (χ4v) is 3.97. The third-order valence-electron chi connectivity index (χ3n) is 5.26. The molecule has 2 saturated heterocycles. The van der Waals surface area contributed by atoms with Crippen LogP contribution in [0.5, 0.6) is 0 Å². The van der Waals surface area contributed by atoms with Gasteiger partial charge in [0, 0.05) is 44.2 Å². The largest absolute Gasteiger partial charge is 0.379 e. The van der Waals surface area contributed by atoms with Crippen molar-refractivity contribution in [2.24, 2.45) is 5.92 Å². The van der Waals surface area contributed by atoms with E-state index in [-0.39, 0.29) is 0 Å². The van der Waals surface area contributed by atoms with E-state index in [0.717, 1.165) is 70.2 Å². The average molecular weight is 365 g/mol. The summed E-state index contributed by atoms with van der Waals surface area (Å²) >= 11 is 5.91. The van der Waals surface area contributed by atoms with Crippen molar-refractivity contribution < 1.29 is 9.53 Å². The first-order valence-corrected chi connectivity index (χ1v) is 9.91. The number of piperidine rings is 1. The van der Waals surface area contributed by atoms with E-state index in [4.69, 9.17) is 16.3 Å². The first kappa shape index (κ1) is 18.7. The van der Waals surface area contributed by atoms with E-state index in [1.54, 1.807) is 0 Å². The van der Waals surface area contributed by atoms with E-state index >= 15 is 0 Å². The topological polar surface area (TPSA) is 32.8 Å². The minimum Gasteiger partial charge on any atom is -0.379 e. The van der Waals surface area contributed by atoms with Crippen LogP contribution in [-0.4, -0.2) is 61.6 Å². The lowest BCUT2D eigenvalue weighted by Crippen LogP contribution is -2.46. The normalized spacial score (nSPS) is 22.1. The Labute approximate surface area is 156 Å². The molecule has 0 aliphatic carbocycles. The quantitative estimate of drug-likeness (QED) is 0.776. The van der Waals surface area contributed by atoms with Crippen LogP contribution in [-0.2, 0) is 16.0 Å². The molecular formula is C20H29ClN2O2. The molecule has 2 fully saturated rings. The molecule has 0 radical (unpaired) electrons. The molecule has 5 heteroatoms. The van der Waals surface area contributed by atoms with Gasteiger partial charge in [-0.05, 0) is 49.3 Å². The predicted octanol–water partition coefficient (Wildman–Crippen LogP) is 3.23. The summed E-state index contributed by atoms with van der Waals surface area (Å²) in [6.07, 6.45) is 4.87. The summed E-state index contributed by atoms with van der Waals surface area (Å²) in [6, 6.07) is 7.93. The van der Waals surface area contributed by atoms with Crippen molar-refractivity contribution in [1.82, 2.24) is 9.80 Å². The van der Waals surface area contributed by atoms with Crippen LogP contribution in [0.15, 0.2) is 24.3 Å². The third kappa shape index (κ3) is 5.98. The summed E-state index contributed by atoms with van der Waals surface area (Å²) in [5.41, 5.74) is 1.25. The van der Waals surface area contributed by atoms with Gasteiger partial charge in [0.25, 0.3) is 0 Å². The van der Waals surface area contributed by atoms with Gasteiger partial charge >= 0.3 is 0 Å². The molecule has 25 heavy (non-hydrogen) atoms. The Morgan fingerprint density at radius 2 is 1.92 bits per heavy atom. The minimum absolute atomic E-state index is 0.320. The van der Waals surface area contributed by atoms with Gasteiger partial charge in [0.05, 0.1) is 13.2 Å². The van der Waals surface area contributed by atoms with Crippen LogP contribution >= 0.6 is 11.6 Å². The number of rotatable bonds is 6. The number of hydrogen-bond acceptors (Lipinski definition) is 3. The maximum atomic E-state index is 12.6. The van der Waals surface area contributed by atoms with Crippen LogP contribution in [0.4, 0.5) is 0 Å². The second-order valence-corrected chi connectivity index (χ2v) is 7.68. The van der Waals surface area contributed by atoms with Gasteiger partial charge in [0.1, 0.15) is 0 Å². The fraction of sp³-hybridized carbons (Fsp3) is 0.650. The van der Waals surface area contributed by atoms with Gasteiger partial charge in [-0.3, -0.25) is 9.69 Å². The van der Waals surface area contributed by atoms with Gasteiger partial charge in [-0.15, -0.1) is 0 Å². The van der Waals surface area contributed by atoms with E-state index in [0.29, 0.717) is 18.2 Å². The van der Waals surface area contributed by atoms with Crippen molar-refractivity contribution in [3.8, 4) is 0 Å². The van der Waals surface area contributed by atoms with Gasteiger partial charge in [-0.25, -0.2) is 0 Å². The summed E-state index contributed by atoms with van der Waals surface area (Å²) < 4.78 is 5.42. The number of morpholine rings is 1. The predicted molar refractivity (Wildman–Crippen MR) is 101 cm³/mol. The zero-order valence-electron chi connectivity index (χ0n) is 15.0. The molecule has 1 atom stereocenters. The van der Waals surface area contributed by atoms with Crippen molar-refractivity contribution in [2.45, 2.75) is 32.1 Å². The fourth-order valence-electron chi connectivity index (χ4n) is 3.84. The Hall–Kier alpha value is -1.10. The summed E-state index contributed by atoms with van der Waals surface area (Å²) in [5.74, 6) is 0.938. The minimum atomic E-state index is 0.320. The van der Waals surface area contributed by atoms with Crippen molar-refractivity contribution in [3.05, 3.63) is 34.9 Å². The van der Waals surface area contributed by atoms with Crippen LogP contribution in [0, 0.1) is 5.92 Å². The smallest absolute Gasteiger partial charge is 0.222 e. The molecule has 4 nitrogen and oxygen atoms in total. The van der Waals surface area contributed by atoms with Crippen LogP contribution < -0.4 is 0 Å². The first-order valence-electron chi connectivity index (χ1n) is 9.53. The standard InChI is InChI=1S/C20H29ClN2O2/c21-19-8-6-17(7-9-19)3-1-5-20(24)23-10-2-4-18(16-23)15-22-11-13-25-14-12-22/h6-9,18H,1-5,10-16H2/t18-/m1/s1. The number of ether oxygens (including phenoxy) is 1. The van der Waals surface area contributed by atoms with Gasteiger partial charge < -0.3 is 9.64 Å². The van der Waals surface area contributed by atoms with E-state index < -0.39 is 0 Å². The molecular weight excluding hydrogens is 336 g/mol. The van der Waals surface area contributed by atoms with E-state index in [2.05, 4.69) is 9.80 Å². The van der Waals surface area contributed by atoms with Crippen molar-refractivity contribution in [2.75, 3.05) is 45.9 Å². The van der Waals surface area contributed by atoms with E-state index in [9.17, 15) is 4.79 Å². The molecule has 0 aromatic heterocycles. The van der Waals surface area contributed by atoms with Crippen molar-refractivity contribution in [1.29, 1.82) is 0 Å². The van der Waals surface area contributed by atoms with Crippen molar-refractivity contribution >= 4 is 17.5 Å². The lowest BCUT2D eigenvalue weighted by molar-refractivity contribution is -0.133. The monoisotopic (exact) mass is 364 g/mol. The number of amides is 1. The molecule has 2 heterocycles. The van der Waals surface area contributed by atoms with Gasteiger partial charge in [0.2, 0.25) is 5.91 Å². The maximum absolute atomic E-state index is 12.6. The molecule has 1 aromatic rings. The number of carbonyl (C=O) groups is 1. The second-order valence-electron chi connectivity index (χ2n) is 7.24. The van der Waals surface area contributed by atoms with E-state index in [1.165, 1.54) is 12.0 Å². The molecule has 0 unspecified atom stereocenters. The van der Waals surface area contributed by atoms with Crippen LogP contribution in [0.2, 0.25) is 5.02 Å². The van der Waals surface area contributed by atoms with Crippen LogP contribution in [0.25, 0.3) is 0 Å². The molecule has 2 aliphatic rings. The molecule has 0 spiro atoms. The third-order valence-corrected chi connectivity index (χ3v) is 5.51. The van der Waals surface area contributed by atoms with Gasteiger partial charge in [-0.2, -0.15) is 0 Å². The number of carbonyl (C=O) groups excluding carboxylic acids is 1. The molecule has 138 valence electrons. The highest BCUT2D eigenvalue weighted by Gasteiger charge is 2.25. The summed E-state index contributed by atoms with van der Waals surface area (Å²) in [6.45, 7) is 6.73. The Kier molecular flexibility index (Phi) is 7.14. The molecule has 0 bridgehead atoms. The second kappa shape index (κ2) is 9.56. The van der Waals surface area contributed by atoms with Gasteiger partial charge in [0.15, 0.2) is 0 Å². The number of benzene rings is 1. The number of hydrogen-bond donors (Lipinski definition) is 0. The Balaban J connectivity index is 1.39. The molecule has 1 aromatic carbocycles. The maximum Gasteiger partial charge on any atom is 0.222 e. The van der Waals surface area contributed by atoms with E-state index in [1.807, 2.05) is 24.3 Å². The number of aryl methyl sites for hydroxylation is 1. The average Bonchev–Trinajstić information content (AvgIpc) is 2.64. The molecule has 3 rings (SSSR count). The highest BCUT2D eigenvalue weighted by molar-refractivity contribution is 6.30. The summed E-state index contributed by atoms with van der Waals surface area (Å²) in [7, 11) is 0. The molecule has 2 aliphatic heterocycles. The van der Waals surface area contributed by atoms with Crippen molar-refractivity contribution in [3.63, 3.8) is 0 Å². The number of nitrogens with zero attached hydrogens (tertiary/aromatic N) is 2. The number of halogens is 1. The Morgan fingerprint density at radius 1 is 1.16 bits per heavy atom. The zero-order chi connectivity index (χ0) is 17.5. The van der Waals surface area contributed by atoms with Crippen LogP contribution in [0.3, 0.4) is 0 Å². The lowest BCUT2D eigenvalue weighted by Gasteiger charge is -2.36. The highest BCUT2D eigenvalue weighted by atomic mass is 35.5. The molecule has 1 amide bonds. The van der Waals surface area contributed by atoms with Gasteiger partial charge in [-0.1, -0.05) is 23.7 Å². The Bertz CT molecular complexity index is 543. The zero-order valence-corrected chi connectivity index (χ0v) is 15.7. The first-order chi connectivity index (χ1) is 12.2. The SMILES string of the molecule is O=C(CCCc1ccc(Cl)cc1)N1CCC[C@H](CN2CCOCC2)C1. The van der Waals surface area contributed by atoms with Crippen LogP contribution in [0.1, 0.15) is 31.2 Å². The molecule has 0 N–H and O–H groups in total. The lowest BCUT2D eigenvalue weighted by atomic mass is 9.96. The number of likely N-dealkylation sites (tertiary alicyclic amines) is 1. The summed E-state index contributed by atoms with van der Waals surface area (Å²) in [4.78, 5) is 17.1. The molecule has 0 saturated carbocycles. The highest BCUT2D eigenvalue weighted by Crippen LogP contribution is 2.20.